The molecule has 1 heterocycles. The molecule has 0 amide bonds. The van der Waals surface area contributed by atoms with Gasteiger partial charge in [0.25, 0.3) is 7.37 Å². The molecule has 2 aromatic carbocycles. The van der Waals surface area contributed by atoms with Gasteiger partial charge in [-0.15, -0.1) is 0 Å². The van der Waals surface area contributed by atoms with Crippen molar-refractivity contribution in [2.75, 3.05) is 7.11 Å². The number of aromatic amines is 1. The van der Waals surface area contributed by atoms with Crippen LogP contribution in [0.3, 0.4) is 0 Å². The lowest BCUT2D eigenvalue weighted by atomic mass is 10.2. The number of H-pyrrole nitrogens is 1. The van der Waals surface area contributed by atoms with E-state index in [9.17, 15) is 9.36 Å². The van der Waals surface area contributed by atoms with Crippen molar-refractivity contribution in [3.8, 4) is 0 Å². The topological polar surface area (TPSA) is 59.2 Å². The Morgan fingerprint density at radius 3 is 2.48 bits per heavy atom. The molecule has 0 saturated heterocycles. The van der Waals surface area contributed by atoms with Crippen LogP contribution in [0.1, 0.15) is 17.4 Å². The number of nitrogens with one attached hydrogen (secondary N) is 1. The van der Waals surface area contributed by atoms with E-state index in [-0.39, 0.29) is 11.5 Å². The summed E-state index contributed by atoms with van der Waals surface area (Å²) in [4.78, 5) is 15.1. The van der Waals surface area contributed by atoms with Crippen molar-refractivity contribution in [1.29, 1.82) is 0 Å². The summed E-state index contributed by atoms with van der Waals surface area (Å²) in [6.45, 7) is 1.43. The van der Waals surface area contributed by atoms with E-state index in [1.54, 1.807) is 42.5 Å². The van der Waals surface area contributed by atoms with Gasteiger partial charge in [0.1, 0.15) is 0 Å². The van der Waals surface area contributed by atoms with Crippen LogP contribution < -0.4 is 10.6 Å². The first-order valence-electron chi connectivity index (χ1n) is 7.01. The predicted molar refractivity (Wildman–Crippen MR) is 93.6 cm³/mol. The number of rotatable bonds is 4. The average molecular weight is 348 g/mol. The fourth-order valence-electron chi connectivity index (χ4n) is 2.66. The van der Waals surface area contributed by atoms with Crippen LogP contribution in [-0.2, 0) is 9.09 Å². The molecule has 23 heavy (non-hydrogen) atoms. The van der Waals surface area contributed by atoms with Crippen molar-refractivity contribution in [3.63, 3.8) is 0 Å². The summed E-state index contributed by atoms with van der Waals surface area (Å²) in [6, 6.07) is 14.1. The Balaban J connectivity index is 2.41. The highest BCUT2D eigenvalue weighted by atomic mass is 35.5. The molecule has 4 nitrogen and oxygen atoms in total. The number of benzene rings is 2. The van der Waals surface area contributed by atoms with E-state index in [1.165, 1.54) is 14.0 Å². The molecule has 0 fully saturated rings. The van der Waals surface area contributed by atoms with Gasteiger partial charge in [-0.25, -0.2) is 0 Å². The fourth-order valence-corrected chi connectivity index (χ4v) is 5.06. The van der Waals surface area contributed by atoms with Crippen molar-refractivity contribution < 1.29 is 13.9 Å². The lowest BCUT2D eigenvalue weighted by Crippen LogP contribution is -2.21. The van der Waals surface area contributed by atoms with Gasteiger partial charge in [-0.05, 0) is 30.3 Å². The van der Waals surface area contributed by atoms with E-state index in [0.717, 1.165) is 0 Å². The maximum atomic E-state index is 13.7. The molecule has 0 aliphatic heterocycles. The monoisotopic (exact) mass is 347 g/mol. The van der Waals surface area contributed by atoms with Gasteiger partial charge in [0, 0.05) is 35.3 Å². The molecule has 0 bridgehead atoms. The summed E-state index contributed by atoms with van der Waals surface area (Å²) < 4.78 is 19.1. The van der Waals surface area contributed by atoms with E-state index in [4.69, 9.17) is 16.1 Å². The van der Waals surface area contributed by atoms with Crippen LogP contribution in [0.15, 0.2) is 48.5 Å². The highest BCUT2D eigenvalue weighted by Crippen LogP contribution is 2.47. The van der Waals surface area contributed by atoms with Crippen molar-refractivity contribution in [2.24, 2.45) is 0 Å². The van der Waals surface area contributed by atoms with Crippen molar-refractivity contribution in [1.82, 2.24) is 4.98 Å². The van der Waals surface area contributed by atoms with Gasteiger partial charge in [0.05, 0.1) is 11.0 Å². The third-order valence-electron chi connectivity index (χ3n) is 3.73. The summed E-state index contributed by atoms with van der Waals surface area (Å²) in [5, 5.41) is 2.04. The van der Waals surface area contributed by atoms with Crippen LogP contribution in [0.5, 0.6) is 0 Å². The zero-order chi connectivity index (χ0) is 16.6. The summed E-state index contributed by atoms with van der Waals surface area (Å²) in [6.07, 6.45) is 0. The summed E-state index contributed by atoms with van der Waals surface area (Å²) in [7, 11) is -2.03. The summed E-state index contributed by atoms with van der Waals surface area (Å²) >= 11 is 6.09. The zero-order valence-electron chi connectivity index (χ0n) is 12.7. The lowest BCUT2D eigenvalue weighted by Gasteiger charge is -2.17. The Hall–Kier alpha value is -1.87. The number of carbonyl (C=O) groups is 1. The second-order valence-corrected chi connectivity index (χ2v) is 8.03. The van der Waals surface area contributed by atoms with E-state index in [2.05, 4.69) is 4.98 Å². The number of hydrogen-bond acceptors (Lipinski definition) is 3. The molecule has 0 saturated carbocycles. The molecular formula is C17H15ClNO3P. The van der Waals surface area contributed by atoms with Gasteiger partial charge in [0.15, 0.2) is 5.78 Å². The van der Waals surface area contributed by atoms with Gasteiger partial charge in [-0.3, -0.25) is 9.36 Å². The molecule has 0 aliphatic carbocycles. The zero-order valence-corrected chi connectivity index (χ0v) is 14.3. The van der Waals surface area contributed by atoms with Crippen LogP contribution in [0, 0.1) is 0 Å². The van der Waals surface area contributed by atoms with Gasteiger partial charge < -0.3 is 9.51 Å². The Bertz CT molecular complexity index is 934. The SMILES string of the molecule is COP(=O)(c1ccccc1)c1c(C(C)=O)[nH]c2ccc(Cl)cc12. The van der Waals surface area contributed by atoms with E-state index < -0.39 is 7.37 Å². The van der Waals surface area contributed by atoms with E-state index >= 15 is 0 Å². The van der Waals surface area contributed by atoms with Crippen molar-refractivity contribution in [3.05, 3.63) is 59.2 Å². The van der Waals surface area contributed by atoms with Crippen LogP contribution >= 0.6 is 19.0 Å². The van der Waals surface area contributed by atoms with Crippen molar-refractivity contribution in [2.45, 2.75) is 6.92 Å². The van der Waals surface area contributed by atoms with Gasteiger partial charge >= 0.3 is 0 Å². The molecule has 0 spiro atoms. The van der Waals surface area contributed by atoms with Crippen molar-refractivity contribution >= 4 is 46.3 Å². The second-order valence-electron chi connectivity index (χ2n) is 5.16. The molecule has 0 radical (unpaired) electrons. The highest BCUT2D eigenvalue weighted by molar-refractivity contribution is 7.75. The number of halogens is 1. The molecule has 0 aliphatic rings. The molecular weight excluding hydrogens is 333 g/mol. The summed E-state index contributed by atoms with van der Waals surface area (Å²) in [5.41, 5.74) is 0.985. The highest BCUT2D eigenvalue weighted by Gasteiger charge is 2.34. The molecule has 1 aromatic heterocycles. The molecule has 1 atom stereocenters. The maximum Gasteiger partial charge on any atom is 0.263 e. The van der Waals surface area contributed by atoms with Gasteiger partial charge in [-0.1, -0.05) is 29.8 Å². The fraction of sp³-hybridized carbons (Fsp3) is 0.118. The molecule has 3 rings (SSSR count). The molecule has 3 aromatic rings. The number of Topliss-reactive ketones (excluding diaryl/α,β-unsaturated/α-hetero) is 1. The molecule has 1 N–H and O–H groups in total. The average Bonchev–Trinajstić information content (AvgIpc) is 2.94. The lowest BCUT2D eigenvalue weighted by molar-refractivity contribution is 0.101. The van der Waals surface area contributed by atoms with Crippen LogP contribution in [0.25, 0.3) is 10.9 Å². The number of fused-ring (bicyclic) bond motifs is 1. The third kappa shape index (κ3) is 2.63. The molecule has 6 heteroatoms. The molecule has 118 valence electrons. The maximum absolute atomic E-state index is 13.7. The Kier molecular flexibility index (Phi) is 4.15. The van der Waals surface area contributed by atoms with Gasteiger partial charge in [0.2, 0.25) is 0 Å². The van der Waals surface area contributed by atoms with Crippen LogP contribution in [0.2, 0.25) is 5.02 Å². The standard InChI is InChI=1S/C17H15ClNO3P/c1-11(20)16-17(14-10-12(18)8-9-15(14)19-16)23(21,22-2)13-6-4-3-5-7-13/h3-10,19H,1-2H3. The minimum Gasteiger partial charge on any atom is -0.351 e. The smallest absolute Gasteiger partial charge is 0.263 e. The first-order valence-corrected chi connectivity index (χ1v) is 9.02. The Morgan fingerprint density at radius 1 is 1.17 bits per heavy atom. The largest absolute Gasteiger partial charge is 0.351 e. The van der Waals surface area contributed by atoms with E-state index in [0.29, 0.717) is 26.5 Å². The Labute approximate surface area is 138 Å². The van der Waals surface area contributed by atoms with Gasteiger partial charge in [-0.2, -0.15) is 0 Å². The predicted octanol–water partition coefficient (Wildman–Crippen LogP) is 3.90. The number of aromatic nitrogens is 1. The quantitative estimate of drug-likeness (QED) is 0.575. The first kappa shape index (κ1) is 16.0. The third-order valence-corrected chi connectivity index (χ3v) is 6.51. The van der Waals surface area contributed by atoms with E-state index in [1.807, 2.05) is 6.07 Å². The number of hydrogen-bond donors (Lipinski definition) is 1. The normalized spacial score (nSPS) is 13.9. The first-order chi connectivity index (χ1) is 11.0. The van der Waals surface area contributed by atoms with Crippen LogP contribution in [-0.4, -0.2) is 17.9 Å². The molecule has 1 unspecified atom stereocenters. The summed E-state index contributed by atoms with van der Waals surface area (Å²) in [5.74, 6) is -0.208. The number of ketones is 1. The minimum absolute atomic E-state index is 0.208. The minimum atomic E-state index is -3.42. The van der Waals surface area contributed by atoms with Crippen LogP contribution in [0.4, 0.5) is 0 Å². The second kappa shape index (κ2) is 5.97. The Morgan fingerprint density at radius 2 is 1.87 bits per heavy atom. The number of carbonyl (C=O) groups excluding carboxylic acids is 1.